The van der Waals surface area contributed by atoms with E-state index in [1.54, 1.807) is 0 Å². The summed E-state index contributed by atoms with van der Waals surface area (Å²) >= 11 is 0. The molecule has 1 aliphatic carbocycles. The normalized spacial score (nSPS) is 33.4. The zero-order chi connectivity index (χ0) is 11.8. The van der Waals surface area contributed by atoms with Crippen LogP contribution < -0.4 is 10.6 Å². The summed E-state index contributed by atoms with van der Waals surface area (Å²) in [5.41, 5.74) is 0.940. The minimum Gasteiger partial charge on any atom is -0.313 e. The lowest BCUT2D eigenvalue weighted by atomic mass is 10.0. The van der Waals surface area contributed by atoms with Crippen LogP contribution in [0.1, 0.15) is 53.4 Å². The maximum atomic E-state index is 3.77. The summed E-state index contributed by atoms with van der Waals surface area (Å²) in [6, 6.07) is 1.40. The fraction of sp³-hybridized carbons (Fsp3) is 1.00. The van der Waals surface area contributed by atoms with E-state index in [0.717, 1.165) is 6.54 Å². The van der Waals surface area contributed by atoms with Gasteiger partial charge in [-0.05, 0) is 30.2 Å². The van der Waals surface area contributed by atoms with Gasteiger partial charge in [-0.1, -0.05) is 40.5 Å². The Labute approximate surface area is 101 Å². The highest BCUT2D eigenvalue weighted by Crippen LogP contribution is 2.62. The van der Waals surface area contributed by atoms with Crippen LogP contribution in [-0.4, -0.2) is 25.2 Å². The molecule has 1 heterocycles. The molecule has 2 N–H and O–H groups in total. The average molecular weight is 224 g/mol. The Morgan fingerprint density at radius 2 is 1.75 bits per heavy atom. The SMILES string of the molecule is CC1(C)C(NCC2CCCCCN2)C1(C)C. The van der Waals surface area contributed by atoms with Crippen molar-refractivity contribution in [1.82, 2.24) is 10.6 Å². The molecule has 16 heavy (non-hydrogen) atoms. The summed E-state index contributed by atoms with van der Waals surface area (Å²) in [4.78, 5) is 0. The van der Waals surface area contributed by atoms with Crippen molar-refractivity contribution in [3.63, 3.8) is 0 Å². The summed E-state index contributed by atoms with van der Waals surface area (Å²) in [6.07, 6.45) is 5.51. The second-order valence-electron chi connectivity index (χ2n) is 6.79. The van der Waals surface area contributed by atoms with Crippen molar-refractivity contribution in [3.05, 3.63) is 0 Å². The van der Waals surface area contributed by atoms with Crippen LogP contribution in [0.15, 0.2) is 0 Å². The lowest BCUT2D eigenvalue weighted by molar-refractivity contribution is 0.446. The van der Waals surface area contributed by atoms with Gasteiger partial charge in [-0.15, -0.1) is 0 Å². The molecule has 94 valence electrons. The molecule has 0 amide bonds. The minimum atomic E-state index is 0.470. The third-order valence-electron chi connectivity index (χ3n) is 5.25. The average Bonchev–Trinajstić information content (AvgIpc) is 2.73. The van der Waals surface area contributed by atoms with Gasteiger partial charge in [0.15, 0.2) is 0 Å². The van der Waals surface area contributed by atoms with Gasteiger partial charge in [0.2, 0.25) is 0 Å². The van der Waals surface area contributed by atoms with Gasteiger partial charge in [-0.25, -0.2) is 0 Å². The molecule has 1 saturated heterocycles. The third-order valence-corrected chi connectivity index (χ3v) is 5.25. The molecular weight excluding hydrogens is 196 g/mol. The van der Waals surface area contributed by atoms with E-state index in [0.29, 0.717) is 22.9 Å². The molecule has 0 spiro atoms. The molecule has 1 atom stereocenters. The van der Waals surface area contributed by atoms with E-state index in [2.05, 4.69) is 38.3 Å². The predicted molar refractivity (Wildman–Crippen MR) is 69.6 cm³/mol. The predicted octanol–water partition coefficient (Wildman–Crippen LogP) is 2.54. The molecule has 2 nitrogen and oxygen atoms in total. The van der Waals surface area contributed by atoms with Crippen molar-refractivity contribution in [2.45, 2.75) is 65.5 Å². The lowest BCUT2D eigenvalue weighted by Crippen LogP contribution is -2.40. The molecule has 2 fully saturated rings. The largest absolute Gasteiger partial charge is 0.313 e. The van der Waals surface area contributed by atoms with E-state index in [9.17, 15) is 0 Å². The molecule has 2 rings (SSSR count). The number of hydrogen-bond acceptors (Lipinski definition) is 2. The Morgan fingerprint density at radius 1 is 1.06 bits per heavy atom. The fourth-order valence-electron chi connectivity index (χ4n) is 3.24. The Kier molecular flexibility index (Phi) is 3.33. The van der Waals surface area contributed by atoms with Gasteiger partial charge in [-0.2, -0.15) is 0 Å². The van der Waals surface area contributed by atoms with Crippen molar-refractivity contribution in [3.8, 4) is 0 Å². The maximum Gasteiger partial charge on any atom is 0.0192 e. The van der Waals surface area contributed by atoms with E-state index in [1.807, 2.05) is 0 Å². The van der Waals surface area contributed by atoms with E-state index in [-0.39, 0.29) is 0 Å². The lowest BCUT2D eigenvalue weighted by Gasteiger charge is -2.17. The summed E-state index contributed by atoms with van der Waals surface area (Å²) in [6.45, 7) is 11.9. The smallest absolute Gasteiger partial charge is 0.0192 e. The van der Waals surface area contributed by atoms with Crippen LogP contribution in [0.3, 0.4) is 0 Å². The summed E-state index contributed by atoms with van der Waals surface area (Å²) in [5.74, 6) is 0. The summed E-state index contributed by atoms with van der Waals surface area (Å²) < 4.78 is 0. The minimum absolute atomic E-state index is 0.470. The van der Waals surface area contributed by atoms with E-state index >= 15 is 0 Å². The van der Waals surface area contributed by atoms with Crippen molar-refractivity contribution < 1.29 is 0 Å². The van der Waals surface area contributed by atoms with Gasteiger partial charge in [0.1, 0.15) is 0 Å². The number of rotatable bonds is 3. The van der Waals surface area contributed by atoms with Crippen LogP contribution in [0, 0.1) is 10.8 Å². The van der Waals surface area contributed by atoms with Crippen molar-refractivity contribution in [2.75, 3.05) is 13.1 Å². The summed E-state index contributed by atoms with van der Waals surface area (Å²) in [7, 11) is 0. The molecule has 2 aliphatic rings. The zero-order valence-corrected chi connectivity index (χ0v) is 11.4. The summed E-state index contributed by atoms with van der Waals surface area (Å²) in [5, 5.41) is 7.43. The molecule has 1 aliphatic heterocycles. The van der Waals surface area contributed by atoms with Crippen molar-refractivity contribution in [2.24, 2.45) is 10.8 Å². The highest BCUT2D eigenvalue weighted by Gasteiger charge is 2.64. The molecule has 0 aromatic carbocycles. The Bertz CT molecular complexity index is 223. The first kappa shape index (κ1) is 12.4. The van der Waals surface area contributed by atoms with Crippen LogP contribution in [0.25, 0.3) is 0 Å². The van der Waals surface area contributed by atoms with Gasteiger partial charge >= 0.3 is 0 Å². The van der Waals surface area contributed by atoms with Crippen LogP contribution in [0.5, 0.6) is 0 Å². The maximum absolute atomic E-state index is 3.77. The zero-order valence-electron chi connectivity index (χ0n) is 11.4. The van der Waals surface area contributed by atoms with Gasteiger partial charge < -0.3 is 10.6 Å². The van der Waals surface area contributed by atoms with Crippen molar-refractivity contribution >= 4 is 0 Å². The van der Waals surface area contributed by atoms with Gasteiger partial charge in [0.05, 0.1) is 0 Å². The molecule has 2 heteroatoms. The first-order valence-corrected chi connectivity index (χ1v) is 6.93. The molecule has 1 saturated carbocycles. The Balaban J connectivity index is 1.76. The molecule has 0 aromatic heterocycles. The molecule has 0 aromatic rings. The van der Waals surface area contributed by atoms with E-state index in [1.165, 1.54) is 32.2 Å². The standard InChI is InChI=1S/C14H28N2/c1-13(2)12(14(13,3)4)16-10-11-8-6-5-7-9-15-11/h11-12,15-16H,5-10H2,1-4H3. The van der Waals surface area contributed by atoms with Crippen molar-refractivity contribution in [1.29, 1.82) is 0 Å². The first-order chi connectivity index (χ1) is 7.46. The first-order valence-electron chi connectivity index (χ1n) is 6.93. The van der Waals surface area contributed by atoms with E-state index in [4.69, 9.17) is 0 Å². The number of nitrogens with one attached hydrogen (secondary N) is 2. The molecule has 0 bridgehead atoms. The van der Waals surface area contributed by atoms with Gasteiger partial charge in [-0.3, -0.25) is 0 Å². The molecular formula is C14H28N2. The Hall–Kier alpha value is -0.0800. The second-order valence-corrected chi connectivity index (χ2v) is 6.79. The molecule has 0 radical (unpaired) electrons. The van der Waals surface area contributed by atoms with Crippen LogP contribution in [0.4, 0.5) is 0 Å². The highest BCUT2D eigenvalue weighted by atomic mass is 15.1. The van der Waals surface area contributed by atoms with Crippen LogP contribution in [0.2, 0.25) is 0 Å². The highest BCUT2D eigenvalue weighted by molar-refractivity contribution is 5.17. The van der Waals surface area contributed by atoms with Gasteiger partial charge in [0, 0.05) is 18.6 Å². The van der Waals surface area contributed by atoms with Gasteiger partial charge in [0.25, 0.3) is 0 Å². The third kappa shape index (κ3) is 2.14. The Morgan fingerprint density at radius 3 is 2.38 bits per heavy atom. The number of hydrogen-bond donors (Lipinski definition) is 2. The second kappa shape index (κ2) is 4.30. The quantitative estimate of drug-likeness (QED) is 0.770. The monoisotopic (exact) mass is 224 g/mol. The van der Waals surface area contributed by atoms with Crippen LogP contribution in [-0.2, 0) is 0 Å². The fourth-order valence-corrected chi connectivity index (χ4v) is 3.24. The van der Waals surface area contributed by atoms with E-state index < -0.39 is 0 Å². The molecule has 1 unspecified atom stereocenters. The topological polar surface area (TPSA) is 24.1 Å². The van der Waals surface area contributed by atoms with Crippen LogP contribution >= 0.6 is 0 Å².